The number of halogens is 1. The Balaban J connectivity index is 1.95. The molecule has 0 N–H and O–H groups in total. The number of thiol groups is 1. The maximum absolute atomic E-state index is 13.0. The third kappa shape index (κ3) is 2.95. The van der Waals surface area contributed by atoms with E-state index in [-0.39, 0.29) is 5.82 Å². The quantitative estimate of drug-likeness (QED) is 0.615. The molecular formula is C13H17FS2. The zero-order valence-corrected chi connectivity index (χ0v) is 11.0. The number of rotatable bonds is 4. The summed E-state index contributed by atoms with van der Waals surface area (Å²) in [5, 5.41) is 0. The Morgan fingerprint density at radius 1 is 1.31 bits per heavy atom. The summed E-state index contributed by atoms with van der Waals surface area (Å²) in [6.07, 6.45) is 5.20. The molecule has 0 heterocycles. The molecule has 0 unspecified atom stereocenters. The molecule has 1 fully saturated rings. The first-order valence-corrected chi connectivity index (χ1v) is 7.35. The van der Waals surface area contributed by atoms with E-state index in [0.29, 0.717) is 5.41 Å². The van der Waals surface area contributed by atoms with Gasteiger partial charge in [-0.15, -0.1) is 11.8 Å². The van der Waals surface area contributed by atoms with Crippen LogP contribution < -0.4 is 0 Å². The zero-order chi connectivity index (χ0) is 11.4. The molecule has 0 bridgehead atoms. The number of benzene rings is 1. The number of hydrogen-bond acceptors (Lipinski definition) is 2. The molecule has 1 aromatic carbocycles. The average molecular weight is 256 g/mol. The Morgan fingerprint density at radius 3 is 2.69 bits per heavy atom. The Kier molecular flexibility index (Phi) is 4.20. The fourth-order valence-corrected chi connectivity index (χ4v) is 4.08. The molecule has 1 aliphatic rings. The van der Waals surface area contributed by atoms with Crippen molar-refractivity contribution in [3.05, 3.63) is 30.1 Å². The van der Waals surface area contributed by atoms with Crippen LogP contribution in [0.1, 0.15) is 25.7 Å². The molecule has 0 atom stereocenters. The van der Waals surface area contributed by atoms with Gasteiger partial charge in [-0.1, -0.05) is 18.9 Å². The fraction of sp³-hybridized carbons (Fsp3) is 0.538. The van der Waals surface area contributed by atoms with Crippen molar-refractivity contribution in [3.63, 3.8) is 0 Å². The van der Waals surface area contributed by atoms with Crippen molar-refractivity contribution in [3.8, 4) is 0 Å². The summed E-state index contributed by atoms with van der Waals surface area (Å²) in [5.74, 6) is 1.88. The molecule has 16 heavy (non-hydrogen) atoms. The number of hydrogen-bond donors (Lipinski definition) is 1. The van der Waals surface area contributed by atoms with Crippen LogP contribution in [0.3, 0.4) is 0 Å². The predicted molar refractivity (Wildman–Crippen MR) is 71.9 cm³/mol. The molecule has 0 amide bonds. The van der Waals surface area contributed by atoms with E-state index in [4.69, 9.17) is 0 Å². The van der Waals surface area contributed by atoms with Crippen LogP contribution in [0.15, 0.2) is 29.2 Å². The molecule has 0 radical (unpaired) electrons. The second-order valence-corrected chi connectivity index (χ2v) is 5.98. The van der Waals surface area contributed by atoms with Gasteiger partial charge in [0.25, 0.3) is 0 Å². The van der Waals surface area contributed by atoms with Gasteiger partial charge in [0.1, 0.15) is 5.82 Å². The Morgan fingerprint density at radius 2 is 2.06 bits per heavy atom. The third-order valence-corrected chi connectivity index (χ3v) is 5.36. The molecule has 3 heteroatoms. The maximum Gasteiger partial charge on any atom is 0.124 e. The summed E-state index contributed by atoms with van der Waals surface area (Å²) in [7, 11) is 0. The second kappa shape index (κ2) is 5.46. The number of thioether (sulfide) groups is 1. The zero-order valence-electron chi connectivity index (χ0n) is 9.29. The minimum atomic E-state index is -0.142. The Bertz CT molecular complexity index is 346. The first-order valence-electron chi connectivity index (χ1n) is 5.73. The molecule has 2 rings (SSSR count). The van der Waals surface area contributed by atoms with E-state index in [1.807, 2.05) is 6.07 Å². The predicted octanol–water partition coefficient (Wildman–Crippen LogP) is 4.41. The standard InChI is InChI=1S/C13H17FS2/c14-11-4-3-5-12(8-11)16-10-13(9-15)6-1-2-7-13/h3-5,8,15H,1-2,6-7,9-10H2. The van der Waals surface area contributed by atoms with Gasteiger partial charge in [-0.05, 0) is 42.2 Å². The van der Waals surface area contributed by atoms with Gasteiger partial charge in [0.15, 0.2) is 0 Å². The SMILES string of the molecule is Fc1cccc(SCC2(CS)CCCC2)c1. The van der Waals surface area contributed by atoms with Gasteiger partial charge in [0, 0.05) is 10.6 Å². The minimum absolute atomic E-state index is 0.142. The maximum atomic E-state index is 13.0. The van der Waals surface area contributed by atoms with E-state index in [9.17, 15) is 4.39 Å². The largest absolute Gasteiger partial charge is 0.207 e. The van der Waals surface area contributed by atoms with E-state index >= 15 is 0 Å². The molecule has 1 aromatic rings. The minimum Gasteiger partial charge on any atom is -0.207 e. The molecule has 0 aliphatic heterocycles. The van der Waals surface area contributed by atoms with E-state index < -0.39 is 0 Å². The normalized spacial score (nSPS) is 18.9. The van der Waals surface area contributed by atoms with Crippen molar-refractivity contribution < 1.29 is 4.39 Å². The van der Waals surface area contributed by atoms with E-state index in [0.717, 1.165) is 16.4 Å². The van der Waals surface area contributed by atoms with Gasteiger partial charge in [0.2, 0.25) is 0 Å². The summed E-state index contributed by atoms with van der Waals surface area (Å²) in [6.45, 7) is 0. The van der Waals surface area contributed by atoms with Gasteiger partial charge in [-0.3, -0.25) is 0 Å². The van der Waals surface area contributed by atoms with Gasteiger partial charge in [0.05, 0.1) is 0 Å². The van der Waals surface area contributed by atoms with Crippen LogP contribution in [0.2, 0.25) is 0 Å². The molecule has 0 spiro atoms. The Labute approximate surface area is 106 Å². The molecule has 1 aliphatic carbocycles. The lowest BCUT2D eigenvalue weighted by atomic mass is 9.91. The third-order valence-electron chi connectivity index (χ3n) is 3.34. The lowest BCUT2D eigenvalue weighted by Gasteiger charge is -2.26. The molecule has 1 saturated carbocycles. The second-order valence-electron chi connectivity index (χ2n) is 4.61. The van der Waals surface area contributed by atoms with Crippen molar-refractivity contribution in [2.45, 2.75) is 30.6 Å². The van der Waals surface area contributed by atoms with Crippen molar-refractivity contribution in [1.29, 1.82) is 0 Å². The van der Waals surface area contributed by atoms with Crippen LogP contribution in [0.5, 0.6) is 0 Å². The smallest absolute Gasteiger partial charge is 0.124 e. The summed E-state index contributed by atoms with van der Waals surface area (Å²) < 4.78 is 13.0. The molecule has 0 aromatic heterocycles. The van der Waals surface area contributed by atoms with Crippen LogP contribution in [0.25, 0.3) is 0 Å². The highest BCUT2D eigenvalue weighted by Gasteiger charge is 2.32. The van der Waals surface area contributed by atoms with Crippen molar-refractivity contribution in [2.75, 3.05) is 11.5 Å². The van der Waals surface area contributed by atoms with Crippen molar-refractivity contribution in [1.82, 2.24) is 0 Å². The highest BCUT2D eigenvalue weighted by atomic mass is 32.2. The van der Waals surface area contributed by atoms with E-state index in [1.54, 1.807) is 23.9 Å². The fourth-order valence-electron chi connectivity index (χ4n) is 2.27. The van der Waals surface area contributed by atoms with Crippen LogP contribution in [-0.2, 0) is 0 Å². The first-order chi connectivity index (χ1) is 7.74. The summed E-state index contributed by atoms with van der Waals surface area (Å²) in [4.78, 5) is 1.04. The van der Waals surface area contributed by atoms with E-state index in [2.05, 4.69) is 12.6 Å². The van der Waals surface area contributed by atoms with Crippen molar-refractivity contribution in [2.24, 2.45) is 5.41 Å². The van der Waals surface area contributed by atoms with E-state index in [1.165, 1.54) is 31.7 Å². The van der Waals surface area contributed by atoms with Gasteiger partial charge >= 0.3 is 0 Å². The van der Waals surface area contributed by atoms with Crippen LogP contribution in [-0.4, -0.2) is 11.5 Å². The lowest BCUT2D eigenvalue weighted by molar-refractivity contribution is 0.403. The highest BCUT2D eigenvalue weighted by molar-refractivity contribution is 7.99. The van der Waals surface area contributed by atoms with Crippen LogP contribution >= 0.6 is 24.4 Å². The molecule has 0 saturated heterocycles. The topological polar surface area (TPSA) is 0 Å². The first kappa shape index (κ1) is 12.3. The van der Waals surface area contributed by atoms with Gasteiger partial charge in [-0.25, -0.2) is 4.39 Å². The van der Waals surface area contributed by atoms with Gasteiger partial charge < -0.3 is 0 Å². The monoisotopic (exact) mass is 256 g/mol. The average Bonchev–Trinajstić information content (AvgIpc) is 2.76. The highest BCUT2D eigenvalue weighted by Crippen LogP contribution is 2.42. The molecular weight excluding hydrogens is 239 g/mol. The summed E-state index contributed by atoms with van der Waals surface area (Å²) >= 11 is 6.25. The lowest BCUT2D eigenvalue weighted by Crippen LogP contribution is -2.21. The van der Waals surface area contributed by atoms with Crippen LogP contribution in [0.4, 0.5) is 4.39 Å². The Hall–Kier alpha value is -0.150. The molecule has 88 valence electrons. The van der Waals surface area contributed by atoms with Gasteiger partial charge in [-0.2, -0.15) is 12.6 Å². The van der Waals surface area contributed by atoms with Crippen molar-refractivity contribution >= 4 is 24.4 Å². The summed E-state index contributed by atoms with van der Waals surface area (Å²) in [6, 6.07) is 6.87. The van der Waals surface area contributed by atoms with Crippen LogP contribution in [0, 0.1) is 11.2 Å². The summed E-state index contributed by atoms with van der Waals surface area (Å²) in [5.41, 5.74) is 0.389. The molecule has 0 nitrogen and oxygen atoms in total.